The molecule has 0 fully saturated rings. The lowest BCUT2D eigenvalue weighted by atomic mass is 9.85. The second kappa shape index (κ2) is 6.33. The Balaban J connectivity index is 2.45. The van der Waals surface area contributed by atoms with Crippen molar-refractivity contribution >= 4 is 34.6 Å². The average molecular weight is 308 g/mol. The third-order valence-electron chi connectivity index (χ3n) is 3.38. The summed E-state index contributed by atoms with van der Waals surface area (Å²) in [7, 11) is 0. The first-order valence-electron chi connectivity index (χ1n) is 6.59. The van der Waals surface area contributed by atoms with E-state index in [0.717, 1.165) is 34.2 Å². The minimum absolute atomic E-state index is 0.293. The number of nitriles is 1. The van der Waals surface area contributed by atoms with Crippen LogP contribution in [0.3, 0.4) is 0 Å². The maximum Gasteiger partial charge on any atom is 0.412 e. The fourth-order valence-corrected chi connectivity index (χ4v) is 3.78. The summed E-state index contributed by atoms with van der Waals surface area (Å²) in [5, 5.41) is 12.5. The van der Waals surface area contributed by atoms with Crippen molar-refractivity contribution in [1.82, 2.24) is 0 Å². The van der Waals surface area contributed by atoms with E-state index in [1.165, 1.54) is 11.3 Å². The SMILES string of the molecule is CCOC(=O)Nc1sc(=S)c2c(c1C#N)CCC(C)C2. The molecular formula is C14H16N2O2S2. The van der Waals surface area contributed by atoms with Gasteiger partial charge in [-0.05, 0) is 43.2 Å². The van der Waals surface area contributed by atoms with Crippen LogP contribution in [0.1, 0.15) is 37.0 Å². The van der Waals surface area contributed by atoms with E-state index in [2.05, 4.69) is 18.3 Å². The lowest BCUT2D eigenvalue weighted by Gasteiger charge is -2.23. The maximum atomic E-state index is 11.5. The van der Waals surface area contributed by atoms with Crippen molar-refractivity contribution < 1.29 is 9.53 Å². The Morgan fingerprint density at radius 3 is 3.00 bits per heavy atom. The van der Waals surface area contributed by atoms with E-state index in [0.29, 0.717) is 23.1 Å². The standard InChI is InChI=1S/C14H16N2O2S2/c1-3-18-14(17)16-12-11(7-15)9-5-4-8(2)6-10(9)13(19)20-12/h8H,3-6H2,1-2H3,(H,16,17). The molecule has 1 N–H and O–H groups in total. The van der Waals surface area contributed by atoms with Gasteiger partial charge >= 0.3 is 6.09 Å². The van der Waals surface area contributed by atoms with Crippen LogP contribution >= 0.6 is 23.6 Å². The van der Waals surface area contributed by atoms with Gasteiger partial charge in [0.15, 0.2) is 0 Å². The summed E-state index contributed by atoms with van der Waals surface area (Å²) in [6, 6.07) is 2.21. The Labute approximate surface area is 127 Å². The van der Waals surface area contributed by atoms with E-state index in [1.807, 2.05) is 0 Å². The fourth-order valence-electron chi connectivity index (χ4n) is 2.41. The average Bonchev–Trinajstić information content (AvgIpc) is 2.40. The van der Waals surface area contributed by atoms with E-state index in [4.69, 9.17) is 17.0 Å². The number of nitrogens with one attached hydrogen (secondary N) is 1. The van der Waals surface area contributed by atoms with Crippen LogP contribution in [0.2, 0.25) is 0 Å². The summed E-state index contributed by atoms with van der Waals surface area (Å²) in [6.07, 6.45) is 2.26. The first-order chi connectivity index (χ1) is 9.56. The number of fused-ring (bicyclic) bond motifs is 1. The molecule has 1 unspecified atom stereocenters. The number of carbonyl (C=O) groups is 1. The summed E-state index contributed by atoms with van der Waals surface area (Å²) in [5.41, 5.74) is 2.65. The Hall–Kier alpha value is -1.45. The maximum absolute atomic E-state index is 11.5. The molecule has 0 radical (unpaired) electrons. The minimum atomic E-state index is -0.543. The molecule has 0 saturated heterocycles. The molecule has 4 nitrogen and oxygen atoms in total. The van der Waals surface area contributed by atoms with Gasteiger partial charge in [-0.1, -0.05) is 19.1 Å². The number of nitrogens with zero attached hydrogens (tertiary/aromatic N) is 1. The van der Waals surface area contributed by atoms with Crippen molar-refractivity contribution in [3.05, 3.63) is 20.5 Å². The molecular weight excluding hydrogens is 292 g/mol. The van der Waals surface area contributed by atoms with Crippen LogP contribution in [-0.2, 0) is 17.6 Å². The monoisotopic (exact) mass is 308 g/mol. The predicted octanol–water partition coefficient (Wildman–Crippen LogP) is 4.04. The molecule has 1 aliphatic carbocycles. The lowest BCUT2D eigenvalue weighted by molar-refractivity contribution is 0.168. The normalized spacial score (nSPS) is 16.9. The molecule has 20 heavy (non-hydrogen) atoms. The van der Waals surface area contributed by atoms with Crippen molar-refractivity contribution in [2.24, 2.45) is 5.92 Å². The van der Waals surface area contributed by atoms with Crippen LogP contribution in [0.25, 0.3) is 0 Å². The van der Waals surface area contributed by atoms with Crippen LogP contribution in [0.5, 0.6) is 0 Å². The molecule has 0 aliphatic heterocycles. The highest BCUT2D eigenvalue weighted by Gasteiger charge is 2.23. The molecule has 1 atom stereocenters. The minimum Gasteiger partial charge on any atom is -0.450 e. The van der Waals surface area contributed by atoms with Crippen molar-refractivity contribution in [2.75, 3.05) is 11.9 Å². The van der Waals surface area contributed by atoms with Gasteiger partial charge in [0.25, 0.3) is 0 Å². The highest BCUT2D eigenvalue weighted by molar-refractivity contribution is 7.73. The molecule has 6 heteroatoms. The Bertz CT molecular complexity index is 631. The van der Waals surface area contributed by atoms with Crippen LogP contribution in [0.4, 0.5) is 9.80 Å². The molecule has 1 aromatic heterocycles. The second-order valence-electron chi connectivity index (χ2n) is 4.86. The van der Waals surface area contributed by atoms with Gasteiger partial charge in [-0.15, -0.1) is 11.3 Å². The molecule has 0 bridgehead atoms. The Morgan fingerprint density at radius 1 is 1.60 bits per heavy atom. The van der Waals surface area contributed by atoms with Gasteiger partial charge in [0.1, 0.15) is 11.1 Å². The predicted molar refractivity (Wildman–Crippen MR) is 81.7 cm³/mol. The van der Waals surface area contributed by atoms with Crippen LogP contribution < -0.4 is 5.32 Å². The van der Waals surface area contributed by atoms with Crippen molar-refractivity contribution in [1.29, 1.82) is 5.26 Å². The third-order valence-corrected chi connectivity index (χ3v) is 4.82. The summed E-state index contributed by atoms with van der Waals surface area (Å²) < 4.78 is 5.62. The number of hydrogen-bond donors (Lipinski definition) is 1. The molecule has 106 valence electrons. The molecule has 1 aromatic rings. The van der Waals surface area contributed by atoms with Crippen LogP contribution in [-0.4, -0.2) is 12.7 Å². The quantitative estimate of drug-likeness (QED) is 0.837. The van der Waals surface area contributed by atoms with Crippen molar-refractivity contribution in [2.45, 2.75) is 33.1 Å². The van der Waals surface area contributed by atoms with Gasteiger partial charge in [0.2, 0.25) is 0 Å². The van der Waals surface area contributed by atoms with Gasteiger partial charge in [0, 0.05) is 0 Å². The number of carbonyl (C=O) groups excluding carboxylic acids is 1. The largest absolute Gasteiger partial charge is 0.450 e. The van der Waals surface area contributed by atoms with E-state index in [1.54, 1.807) is 6.92 Å². The lowest BCUT2D eigenvalue weighted by Crippen LogP contribution is -2.17. The molecule has 0 spiro atoms. The molecule has 1 heterocycles. The summed E-state index contributed by atoms with van der Waals surface area (Å²) in [5.74, 6) is 0.590. The Kier molecular flexibility index (Phi) is 4.73. The van der Waals surface area contributed by atoms with E-state index in [-0.39, 0.29) is 0 Å². The van der Waals surface area contributed by atoms with Gasteiger partial charge in [-0.2, -0.15) is 5.26 Å². The zero-order valence-corrected chi connectivity index (χ0v) is 13.1. The fraction of sp³-hybridized carbons (Fsp3) is 0.500. The summed E-state index contributed by atoms with van der Waals surface area (Å²) in [6.45, 7) is 4.22. The number of rotatable bonds is 2. The van der Waals surface area contributed by atoms with Crippen molar-refractivity contribution in [3.8, 4) is 6.07 Å². The molecule has 0 saturated carbocycles. The highest BCUT2D eigenvalue weighted by Crippen LogP contribution is 2.35. The highest BCUT2D eigenvalue weighted by atomic mass is 32.1. The smallest absolute Gasteiger partial charge is 0.412 e. The zero-order valence-electron chi connectivity index (χ0n) is 11.5. The van der Waals surface area contributed by atoms with Gasteiger partial charge in [0.05, 0.1) is 16.0 Å². The topological polar surface area (TPSA) is 62.1 Å². The van der Waals surface area contributed by atoms with Gasteiger partial charge in [-0.3, -0.25) is 5.32 Å². The molecule has 1 aliphatic rings. The third kappa shape index (κ3) is 3.00. The van der Waals surface area contributed by atoms with E-state index in [9.17, 15) is 10.1 Å². The number of hydrogen-bond acceptors (Lipinski definition) is 5. The number of amides is 1. The first kappa shape index (κ1) is 14.9. The zero-order chi connectivity index (χ0) is 14.7. The van der Waals surface area contributed by atoms with Crippen LogP contribution in [0.15, 0.2) is 0 Å². The molecule has 2 rings (SSSR count). The van der Waals surface area contributed by atoms with Gasteiger partial charge in [-0.25, -0.2) is 4.79 Å². The van der Waals surface area contributed by atoms with Crippen molar-refractivity contribution in [3.63, 3.8) is 0 Å². The summed E-state index contributed by atoms with van der Waals surface area (Å²) >= 11 is 6.70. The summed E-state index contributed by atoms with van der Waals surface area (Å²) in [4.78, 5) is 11.5. The van der Waals surface area contributed by atoms with E-state index >= 15 is 0 Å². The number of ether oxygens (including phenoxy) is 1. The number of anilines is 1. The van der Waals surface area contributed by atoms with E-state index < -0.39 is 6.09 Å². The molecule has 1 amide bonds. The van der Waals surface area contributed by atoms with Crippen LogP contribution in [0, 0.1) is 21.1 Å². The first-order valence-corrected chi connectivity index (χ1v) is 7.82. The van der Waals surface area contributed by atoms with Gasteiger partial charge < -0.3 is 4.74 Å². The Morgan fingerprint density at radius 2 is 2.35 bits per heavy atom. The second-order valence-corrected chi connectivity index (χ2v) is 6.54. The molecule has 0 aromatic carbocycles.